The zero-order valence-corrected chi connectivity index (χ0v) is 19.1. The first-order chi connectivity index (χ1) is 16.5. The van der Waals surface area contributed by atoms with Gasteiger partial charge in [-0.3, -0.25) is 14.4 Å². The second kappa shape index (κ2) is 8.48. The Morgan fingerprint density at radius 3 is 2.74 bits per heavy atom. The number of likely N-dealkylation sites (tertiary alicyclic amines) is 2. The number of fused-ring (bicyclic) bond motifs is 1. The normalized spacial score (nSPS) is 17.9. The zero-order valence-electron chi connectivity index (χ0n) is 18.4. The van der Waals surface area contributed by atoms with Gasteiger partial charge in [0.1, 0.15) is 17.8 Å². The SMILES string of the molecule is O=C(c1cc(F)cc(Cl)c1)N1CCC(N2CC(n3cc(-c4ncnc5[nH]ccc45)cn3)C2)CC1. The first-order valence-electron chi connectivity index (χ1n) is 11.4. The number of amides is 1. The van der Waals surface area contributed by atoms with E-state index in [2.05, 4.69) is 31.1 Å². The monoisotopic (exact) mass is 479 g/mol. The summed E-state index contributed by atoms with van der Waals surface area (Å²) in [6.45, 7) is 3.18. The van der Waals surface area contributed by atoms with Crippen LogP contribution in [0.4, 0.5) is 4.39 Å². The topological polar surface area (TPSA) is 82.9 Å². The Morgan fingerprint density at radius 1 is 1.12 bits per heavy atom. The molecule has 2 saturated heterocycles. The van der Waals surface area contributed by atoms with Gasteiger partial charge < -0.3 is 9.88 Å². The van der Waals surface area contributed by atoms with Crippen molar-refractivity contribution in [2.24, 2.45) is 0 Å². The fourth-order valence-corrected chi connectivity index (χ4v) is 5.23. The standard InChI is InChI=1S/C24H23ClFN7O/c25-17-7-15(8-18(26)9-17)24(34)31-5-2-19(3-6-31)32-12-20(13-32)33-11-16(10-30-33)22-21-1-4-27-23(21)29-14-28-22/h1,4,7-11,14,19-20H,2-3,5-6,12-13H2,(H,27,28,29). The van der Waals surface area contributed by atoms with E-state index in [1.807, 2.05) is 23.1 Å². The third kappa shape index (κ3) is 3.84. The molecule has 1 amide bonds. The second-order valence-electron chi connectivity index (χ2n) is 8.96. The number of carbonyl (C=O) groups is 1. The quantitative estimate of drug-likeness (QED) is 0.481. The van der Waals surface area contributed by atoms with Crippen molar-refractivity contribution in [1.82, 2.24) is 34.5 Å². The third-order valence-corrected chi connectivity index (χ3v) is 7.09. The van der Waals surface area contributed by atoms with Crippen LogP contribution in [0.15, 0.2) is 49.2 Å². The zero-order chi connectivity index (χ0) is 23.2. The number of hydrogen-bond donors (Lipinski definition) is 1. The van der Waals surface area contributed by atoms with Crippen LogP contribution in [0.3, 0.4) is 0 Å². The molecule has 0 bridgehead atoms. The number of hydrogen-bond acceptors (Lipinski definition) is 5. The van der Waals surface area contributed by atoms with E-state index in [0.29, 0.717) is 30.7 Å². The smallest absolute Gasteiger partial charge is 0.254 e. The summed E-state index contributed by atoms with van der Waals surface area (Å²) in [5.74, 6) is -0.650. The lowest BCUT2D eigenvalue weighted by Gasteiger charge is -2.47. The molecule has 4 aromatic rings. The number of halogens is 2. The van der Waals surface area contributed by atoms with Crippen LogP contribution in [0.1, 0.15) is 29.2 Å². The van der Waals surface area contributed by atoms with E-state index < -0.39 is 5.82 Å². The molecule has 5 heterocycles. The van der Waals surface area contributed by atoms with Gasteiger partial charge in [0, 0.05) is 66.2 Å². The first kappa shape index (κ1) is 21.2. The van der Waals surface area contributed by atoms with Crippen molar-refractivity contribution < 1.29 is 9.18 Å². The van der Waals surface area contributed by atoms with E-state index in [0.717, 1.165) is 48.2 Å². The predicted molar refractivity (Wildman–Crippen MR) is 126 cm³/mol. The molecular formula is C24H23ClFN7O. The predicted octanol–water partition coefficient (Wildman–Crippen LogP) is 3.78. The van der Waals surface area contributed by atoms with Crippen molar-refractivity contribution in [3.8, 4) is 11.3 Å². The average molecular weight is 480 g/mol. The molecule has 0 spiro atoms. The molecule has 0 unspecified atom stereocenters. The van der Waals surface area contributed by atoms with Gasteiger partial charge in [0.2, 0.25) is 0 Å². The van der Waals surface area contributed by atoms with Gasteiger partial charge in [0.15, 0.2) is 0 Å². The number of nitrogens with one attached hydrogen (secondary N) is 1. The van der Waals surface area contributed by atoms with Crippen molar-refractivity contribution in [3.05, 3.63) is 65.6 Å². The maximum Gasteiger partial charge on any atom is 0.254 e. The van der Waals surface area contributed by atoms with E-state index in [9.17, 15) is 9.18 Å². The van der Waals surface area contributed by atoms with Gasteiger partial charge in [0.05, 0.1) is 17.9 Å². The second-order valence-corrected chi connectivity index (χ2v) is 9.40. The number of nitrogens with zero attached hydrogens (tertiary/aromatic N) is 6. The molecule has 0 aliphatic carbocycles. The molecular weight excluding hydrogens is 457 g/mol. The van der Waals surface area contributed by atoms with Gasteiger partial charge in [-0.15, -0.1) is 0 Å². The van der Waals surface area contributed by atoms with Crippen LogP contribution in [0.25, 0.3) is 22.3 Å². The number of aromatic nitrogens is 5. The van der Waals surface area contributed by atoms with E-state index in [1.165, 1.54) is 18.2 Å². The van der Waals surface area contributed by atoms with E-state index in [4.69, 9.17) is 11.6 Å². The van der Waals surface area contributed by atoms with E-state index in [-0.39, 0.29) is 10.9 Å². The van der Waals surface area contributed by atoms with Gasteiger partial charge >= 0.3 is 0 Å². The first-order valence-corrected chi connectivity index (χ1v) is 11.7. The molecule has 3 aromatic heterocycles. The van der Waals surface area contributed by atoms with Crippen LogP contribution in [-0.2, 0) is 0 Å². The van der Waals surface area contributed by atoms with Gasteiger partial charge in [-0.05, 0) is 37.1 Å². The fraction of sp³-hybridized carbons (Fsp3) is 0.333. The van der Waals surface area contributed by atoms with Crippen LogP contribution >= 0.6 is 11.6 Å². The summed E-state index contributed by atoms with van der Waals surface area (Å²) < 4.78 is 15.7. The maximum absolute atomic E-state index is 13.6. The van der Waals surface area contributed by atoms with Crippen molar-refractivity contribution in [3.63, 3.8) is 0 Å². The minimum Gasteiger partial charge on any atom is -0.346 e. The highest BCUT2D eigenvalue weighted by molar-refractivity contribution is 6.31. The Hall–Kier alpha value is -3.30. The Balaban J connectivity index is 1.05. The molecule has 2 fully saturated rings. The lowest BCUT2D eigenvalue weighted by Crippen LogP contribution is -2.56. The molecule has 0 atom stereocenters. The number of H-pyrrole nitrogens is 1. The average Bonchev–Trinajstić information content (AvgIpc) is 3.47. The van der Waals surface area contributed by atoms with Gasteiger partial charge in [-0.1, -0.05) is 11.6 Å². The van der Waals surface area contributed by atoms with Gasteiger partial charge in [0.25, 0.3) is 5.91 Å². The molecule has 1 aromatic carbocycles. The molecule has 6 rings (SSSR count). The minimum atomic E-state index is -0.489. The third-order valence-electron chi connectivity index (χ3n) is 6.87. The highest BCUT2D eigenvalue weighted by Crippen LogP contribution is 2.31. The molecule has 0 radical (unpaired) electrons. The molecule has 1 N–H and O–H groups in total. The van der Waals surface area contributed by atoms with Crippen LogP contribution in [0.5, 0.6) is 0 Å². The Labute approximate surface area is 200 Å². The minimum absolute atomic E-state index is 0.161. The van der Waals surface area contributed by atoms with Gasteiger partial charge in [-0.25, -0.2) is 14.4 Å². The highest BCUT2D eigenvalue weighted by atomic mass is 35.5. The Morgan fingerprint density at radius 2 is 1.94 bits per heavy atom. The molecule has 8 nitrogen and oxygen atoms in total. The maximum atomic E-state index is 13.6. The molecule has 2 aliphatic heterocycles. The number of carbonyl (C=O) groups excluding carboxylic acids is 1. The van der Waals surface area contributed by atoms with Crippen LogP contribution in [0, 0.1) is 5.82 Å². The molecule has 174 valence electrons. The van der Waals surface area contributed by atoms with Crippen molar-refractivity contribution in [1.29, 1.82) is 0 Å². The van der Waals surface area contributed by atoms with Crippen molar-refractivity contribution >= 4 is 28.5 Å². The molecule has 0 saturated carbocycles. The number of rotatable bonds is 4. The van der Waals surface area contributed by atoms with Crippen LogP contribution in [0.2, 0.25) is 5.02 Å². The Kier molecular flexibility index (Phi) is 5.30. The summed E-state index contributed by atoms with van der Waals surface area (Å²) >= 11 is 5.91. The van der Waals surface area contributed by atoms with Crippen LogP contribution in [-0.4, -0.2) is 72.7 Å². The summed E-state index contributed by atoms with van der Waals surface area (Å²) in [6, 6.07) is 6.73. The largest absolute Gasteiger partial charge is 0.346 e. The molecule has 34 heavy (non-hydrogen) atoms. The van der Waals surface area contributed by atoms with Crippen molar-refractivity contribution in [2.45, 2.75) is 24.9 Å². The summed E-state index contributed by atoms with van der Waals surface area (Å²) in [6.07, 6.45) is 9.15. The summed E-state index contributed by atoms with van der Waals surface area (Å²) in [5.41, 5.74) is 2.99. The molecule has 10 heteroatoms. The number of piperidine rings is 1. The van der Waals surface area contributed by atoms with Gasteiger partial charge in [-0.2, -0.15) is 5.10 Å². The highest BCUT2D eigenvalue weighted by Gasteiger charge is 2.36. The number of aromatic amines is 1. The summed E-state index contributed by atoms with van der Waals surface area (Å²) in [4.78, 5) is 28.8. The lowest BCUT2D eigenvalue weighted by molar-refractivity contribution is 0.0198. The van der Waals surface area contributed by atoms with Crippen LogP contribution < -0.4 is 0 Å². The lowest BCUT2D eigenvalue weighted by atomic mass is 9.97. The Bertz CT molecular complexity index is 1330. The van der Waals surface area contributed by atoms with Crippen molar-refractivity contribution in [2.75, 3.05) is 26.2 Å². The summed E-state index contributed by atoms with van der Waals surface area (Å²) in [7, 11) is 0. The molecule has 2 aliphatic rings. The fourth-order valence-electron chi connectivity index (χ4n) is 5.01. The van der Waals surface area contributed by atoms with E-state index in [1.54, 1.807) is 11.2 Å². The number of benzene rings is 1. The summed E-state index contributed by atoms with van der Waals surface area (Å²) in [5, 5.41) is 5.82. The van der Waals surface area contributed by atoms with E-state index >= 15 is 0 Å².